The number of rotatable bonds is 4. The Balaban J connectivity index is 1.28. The lowest BCUT2D eigenvalue weighted by Crippen LogP contribution is -2.59. The maximum atomic E-state index is 13.9. The highest BCUT2D eigenvalue weighted by molar-refractivity contribution is 6.02. The van der Waals surface area contributed by atoms with Crippen LogP contribution in [0.1, 0.15) is 47.1 Å². The molecule has 0 aliphatic carbocycles. The van der Waals surface area contributed by atoms with Gasteiger partial charge in [-0.3, -0.25) is 19.5 Å². The number of nitrogens with zero attached hydrogens (tertiary/aromatic N) is 5. The zero-order valence-corrected chi connectivity index (χ0v) is 23.9. The van der Waals surface area contributed by atoms with Crippen LogP contribution >= 0.6 is 0 Å². The topological polar surface area (TPSA) is 83.4 Å². The van der Waals surface area contributed by atoms with Gasteiger partial charge in [-0.25, -0.2) is 4.68 Å². The van der Waals surface area contributed by atoms with Crippen molar-refractivity contribution < 1.29 is 35.9 Å². The molecule has 2 amide bonds. The Hall–Kier alpha value is -4.72. The Morgan fingerprint density at radius 2 is 1.44 bits per heavy atom. The first-order valence-corrected chi connectivity index (χ1v) is 14.0. The molecule has 3 atom stereocenters. The summed E-state index contributed by atoms with van der Waals surface area (Å²) >= 11 is 0. The number of benzene rings is 2. The van der Waals surface area contributed by atoms with Crippen molar-refractivity contribution in [3.63, 3.8) is 0 Å². The number of aromatic nitrogens is 3. The maximum absolute atomic E-state index is 13.9. The molecule has 0 saturated carbocycles. The fourth-order valence-corrected chi connectivity index (χ4v) is 6.09. The number of piperazine rings is 1. The molecule has 8 nitrogen and oxygen atoms in total. The summed E-state index contributed by atoms with van der Waals surface area (Å²) in [6, 6.07) is 10.9. The van der Waals surface area contributed by atoms with E-state index in [1.54, 1.807) is 49.3 Å². The summed E-state index contributed by atoms with van der Waals surface area (Å²) in [5.41, 5.74) is 0.359. The molecule has 4 heterocycles. The number of halogens is 6. The summed E-state index contributed by atoms with van der Waals surface area (Å²) in [5, 5.41) is 7.07. The van der Waals surface area contributed by atoms with E-state index in [2.05, 4.69) is 15.4 Å². The van der Waals surface area contributed by atoms with Gasteiger partial charge in [0.1, 0.15) is 6.04 Å². The SMILES string of the molecule is C[C@@H]1CN(C2C(=O)Nc3cc(C(F)(F)F)ccc32)C[C@H](C)N1C(=O)c1cc(-c2ccncc2)n(-c2ccc(C(F)(F)F)cc2)n1. The normalized spacial score (nSPS) is 20.7. The van der Waals surface area contributed by atoms with E-state index in [9.17, 15) is 35.9 Å². The number of pyridine rings is 1. The minimum absolute atomic E-state index is 0.0671. The highest BCUT2D eigenvalue weighted by atomic mass is 19.4. The second-order valence-corrected chi connectivity index (χ2v) is 11.2. The van der Waals surface area contributed by atoms with Gasteiger partial charge >= 0.3 is 12.4 Å². The number of carbonyl (C=O) groups is 2. The molecule has 2 aromatic heterocycles. The molecule has 1 saturated heterocycles. The zero-order chi connectivity index (χ0) is 32.3. The zero-order valence-electron chi connectivity index (χ0n) is 23.9. The van der Waals surface area contributed by atoms with Gasteiger partial charge < -0.3 is 10.2 Å². The summed E-state index contributed by atoms with van der Waals surface area (Å²) < 4.78 is 80.7. The molecule has 4 aromatic rings. The fourth-order valence-electron chi connectivity index (χ4n) is 6.09. The van der Waals surface area contributed by atoms with Crippen molar-refractivity contribution in [1.29, 1.82) is 0 Å². The minimum Gasteiger partial charge on any atom is -0.329 e. The molecule has 1 unspecified atom stereocenters. The molecule has 2 aliphatic rings. The van der Waals surface area contributed by atoms with Crippen LogP contribution in [0.5, 0.6) is 0 Å². The number of alkyl halides is 6. The minimum atomic E-state index is -4.55. The third-order valence-electron chi connectivity index (χ3n) is 8.07. The number of anilines is 1. The van der Waals surface area contributed by atoms with Gasteiger partial charge in [-0.2, -0.15) is 31.4 Å². The molecular weight excluding hydrogens is 602 g/mol. The van der Waals surface area contributed by atoms with Crippen LogP contribution in [0.2, 0.25) is 0 Å². The number of amides is 2. The van der Waals surface area contributed by atoms with Crippen LogP contribution in [0, 0.1) is 0 Å². The largest absolute Gasteiger partial charge is 0.416 e. The van der Waals surface area contributed by atoms with Crippen molar-refractivity contribution in [1.82, 2.24) is 24.6 Å². The van der Waals surface area contributed by atoms with Gasteiger partial charge in [-0.15, -0.1) is 0 Å². The number of nitrogens with one attached hydrogen (secondary N) is 1. The van der Waals surface area contributed by atoms with Crippen molar-refractivity contribution in [2.45, 2.75) is 44.3 Å². The third kappa shape index (κ3) is 5.65. The molecule has 0 radical (unpaired) electrons. The van der Waals surface area contributed by atoms with Crippen molar-refractivity contribution in [3.8, 4) is 16.9 Å². The van der Waals surface area contributed by atoms with Gasteiger partial charge in [-0.05, 0) is 68.4 Å². The van der Waals surface area contributed by atoms with Gasteiger partial charge in [-0.1, -0.05) is 6.07 Å². The van der Waals surface area contributed by atoms with E-state index in [4.69, 9.17) is 0 Å². The van der Waals surface area contributed by atoms with Crippen LogP contribution in [0.4, 0.5) is 32.0 Å². The van der Waals surface area contributed by atoms with Gasteiger partial charge in [0.15, 0.2) is 5.69 Å². The summed E-state index contributed by atoms with van der Waals surface area (Å²) in [5.74, 6) is -0.859. The molecule has 14 heteroatoms. The van der Waals surface area contributed by atoms with Crippen LogP contribution in [-0.4, -0.2) is 61.6 Å². The first-order valence-electron chi connectivity index (χ1n) is 14.0. The smallest absolute Gasteiger partial charge is 0.329 e. The van der Waals surface area contributed by atoms with Gasteiger partial charge in [0.05, 0.1) is 22.5 Å². The monoisotopic (exact) mass is 628 g/mol. The number of hydrogen-bond acceptors (Lipinski definition) is 5. The van der Waals surface area contributed by atoms with E-state index >= 15 is 0 Å². The lowest BCUT2D eigenvalue weighted by atomic mass is 10.00. The number of hydrogen-bond donors (Lipinski definition) is 1. The molecule has 0 spiro atoms. The fraction of sp³-hybridized carbons (Fsp3) is 0.290. The first kappa shape index (κ1) is 30.3. The van der Waals surface area contributed by atoms with Crippen LogP contribution in [0.25, 0.3) is 16.9 Å². The molecule has 2 aliphatic heterocycles. The van der Waals surface area contributed by atoms with Crippen molar-refractivity contribution in [3.05, 3.63) is 95.4 Å². The summed E-state index contributed by atoms with van der Waals surface area (Å²) in [6.07, 6.45) is -5.97. The average Bonchev–Trinajstić information content (AvgIpc) is 3.57. The quantitative estimate of drug-likeness (QED) is 0.272. The molecule has 234 valence electrons. The van der Waals surface area contributed by atoms with E-state index in [-0.39, 0.29) is 24.5 Å². The third-order valence-corrected chi connectivity index (χ3v) is 8.07. The summed E-state index contributed by atoms with van der Waals surface area (Å²) in [7, 11) is 0. The van der Waals surface area contributed by atoms with E-state index in [1.807, 2.05) is 4.90 Å². The Labute approximate surface area is 253 Å². The van der Waals surface area contributed by atoms with Crippen LogP contribution in [0.3, 0.4) is 0 Å². The average molecular weight is 629 g/mol. The van der Waals surface area contributed by atoms with E-state index < -0.39 is 53.4 Å². The molecule has 0 bridgehead atoms. The maximum Gasteiger partial charge on any atom is 0.416 e. The van der Waals surface area contributed by atoms with Crippen LogP contribution < -0.4 is 5.32 Å². The second kappa shape index (κ2) is 11.0. The molecular formula is C31H26F6N6O2. The van der Waals surface area contributed by atoms with Crippen LogP contribution in [-0.2, 0) is 17.1 Å². The highest BCUT2D eigenvalue weighted by Crippen LogP contribution is 2.41. The van der Waals surface area contributed by atoms with Gasteiger partial charge in [0, 0.05) is 54.4 Å². The lowest BCUT2D eigenvalue weighted by Gasteiger charge is -2.45. The Bertz CT molecular complexity index is 1740. The van der Waals surface area contributed by atoms with Crippen molar-refractivity contribution in [2.75, 3.05) is 18.4 Å². The second-order valence-electron chi connectivity index (χ2n) is 11.2. The predicted octanol–water partition coefficient (Wildman–Crippen LogP) is 6.20. The predicted molar refractivity (Wildman–Crippen MR) is 151 cm³/mol. The van der Waals surface area contributed by atoms with Crippen LogP contribution in [0.15, 0.2) is 73.1 Å². The first-order chi connectivity index (χ1) is 21.2. The van der Waals surface area contributed by atoms with Gasteiger partial charge in [0.2, 0.25) is 5.91 Å². The number of carbonyl (C=O) groups excluding carboxylic acids is 2. The molecule has 6 rings (SSSR count). The molecule has 45 heavy (non-hydrogen) atoms. The Morgan fingerprint density at radius 3 is 2.04 bits per heavy atom. The lowest BCUT2D eigenvalue weighted by molar-refractivity contribution is -0.138. The number of fused-ring (bicyclic) bond motifs is 1. The van der Waals surface area contributed by atoms with E-state index in [0.717, 1.165) is 24.3 Å². The van der Waals surface area contributed by atoms with E-state index in [1.165, 1.54) is 22.9 Å². The van der Waals surface area contributed by atoms with Crippen molar-refractivity contribution in [2.24, 2.45) is 0 Å². The summed E-state index contributed by atoms with van der Waals surface area (Å²) in [6.45, 7) is 4.12. The summed E-state index contributed by atoms with van der Waals surface area (Å²) in [4.78, 5) is 34.4. The molecule has 1 N–H and O–H groups in total. The van der Waals surface area contributed by atoms with E-state index in [0.29, 0.717) is 22.5 Å². The molecule has 2 aromatic carbocycles. The highest BCUT2D eigenvalue weighted by Gasteiger charge is 2.43. The Kier molecular flexibility index (Phi) is 7.42. The van der Waals surface area contributed by atoms with Crippen molar-refractivity contribution >= 4 is 17.5 Å². The molecule has 1 fully saturated rings. The standard InChI is InChI=1S/C31H26F6N6O2/c1-17-15-41(27-23-8-5-21(31(35,36)37)13-24(23)39-28(27)44)16-18(2)42(17)29(45)25-14-26(19-9-11-38-12-10-19)43(40-25)22-6-3-20(4-7-22)30(32,33)34/h3-14,17-18,27H,15-16H2,1-2H3,(H,39,44)/t17-,18+,27?. The Morgan fingerprint density at radius 1 is 0.844 bits per heavy atom. The van der Waals surface area contributed by atoms with Gasteiger partial charge in [0.25, 0.3) is 5.91 Å².